The first kappa shape index (κ1) is 12.8. The predicted molar refractivity (Wildman–Crippen MR) is 69.2 cm³/mol. The van der Waals surface area contributed by atoms with Gasteiger partial charge in [-0.15, -0.1) is 0 Å². The van der Waals surface area contributed by atoms with Gasteiger partial charge < -0.3 is 9.47 Å². The molecule has 0 saturated carbocycles. The van der Waals surface area contributed by atoms with Crippen molar-refractivity contribution in [3.05, 3.63) is 52.4 Å². The van der Waals surface area contributed by atoms with Crippen LogP contribution in [-0.2, 0) is 6.61 Å². The number of rotatable bonds is 4. The maximum atomic E-state index is 12.9. The van der Waals surface area contributed by atoms with Crippen molar-refractivity contribution in [1.82, 2.24) is 4.98 Å². The van der Waals surface area contributed by atoms with Crippen molar-refractivity contribution >= 4 is 15.9 Å². The van der Waals surface area contributed by atoms with E-state index >= 15 is 0 Å². The standard InChI is InChI=1S/C13H11BrFNO2/c1-17-13-9(3-2-6-16-13)8-18-12-5-4-10(15)7-11(12)14/h2-7H,8H2,1H3. The van der Waals surface area contributed by atoms with Gasteiger partial charge >= 0.3 is 0 Å². The first-order valence-corrected chi connectivity index (χ1v) is 6.05. The quantitative estimate of drug-likeness (QED) is 0.865. The van der Waals surface area contributed by atoms with Crippen LogP contribution >= 0.6 is 15.9 Å². The van der Waals surface area contributed by atoms with Gasteiger partial charge in [-0.3, -0.25) is 0 Å². The van der Waals surface area contributed by atoms with E-state index in [0.29, 0.717) is 22.7 Å². The highest BCUT2D eigenvalue weighted by Crippen LogP contribution is 2.27. The van der Waals surface area contributed by atoms with E-state index in [1.54, 1.807) is 25.4 Å². The molecule has 94 valence electrons. The number of hydrogen-bond acceptors (Lipinski definition) is 3. The van der Waals surface area contributed by atoms with Gasteiger partial charge in [-0.05, 0) is 46.3 Å². The Balaban J connectivity index is 2.11. The smallest absolute Gasteiger partial charge is 0.219 e. The fraction of sp³-hybridized carbons (Fsp3) is 0.154. The van der Waals surface area contributed by atoms with Crippen molar-refractivity contribution in [2.75, 3.05) is 7.11 Å². The van der Waals surface area contributed by atoms with Gasteiger partial charge in [-0.2, -0.15) is 0 Å². The van der Waals surface area contributed by atoms with Crippen LogP contribution in [-0.4, -0.2) is 12.1 Å². The van der Waals surface area contributed by atoms with Gasteiger partial charge in [0.1, 0.15) is 18.2 Å². The first-order chi connectivity index (χ1) is 8.70. The van der Waals surface area contributed by atoms with Crippen LogP contribution in [0.15, 0.2) is 41.0 Å². The molecule has 0 N–H and O–H groups in total. The van der Waals surface area contributed by atoms with Gasteiger partial charge in [0.15, 0.2) is 0 Å². The van der Waals surface area contributed by atoms with E-state index in [1.807, 2.05) is 6.07 Å². The minimum absolute atomic E-state index is 0.307. The topological polar surface area (TPSA) is 31.4 Å². The van der Waals surface area contributed by atoms with E-state index in [2.05, 4.69) is 20.9 Å². The van der Waals surface area contributed by atoms with Crippen LogP contribution in [0.5, 0.6) is 11.6 Å². The molecule has 2 aromatic rings. The predicted octanol–water partition coefficient (Wildman–Crippen LogP) is 3.57. The van der Waals surface area contributed by atoms with Crippen LogP contribution in [0.1, 0.15) is 5.56 Å². The van der Waals surface area contributed by atoms with Crippen molar-refractivity contribution < 1.29 is 13.9 Å². The number of pyridine rings is 1. The first-order valence-electron chi connectivity index (χ1n) is 5.26. The second-order valence-corrected chi connectivity index (χ2v) is 4.39. The maximum absolute atomic E-state index is 12.9. The molecule has 0 spiro atoms. The molecular weight excluding hydrogens is 301 g/mol. The molecule has 0 aliphatic rings. The molecule has 18 heavy (non-hydrogen) atoms. The number of hydrogen-bond donors (Lipinski definition) is 0. The lowest BCUT2D eigenvalue weighted by atomic mass is 10.3. The molecule has 0 aliphatic heterocycles. The van der Waals surface area contributed by atoms with Crippen LogP contribution in [0.2, 0.25) is 0 Å². The normalized spacial score (nSPS) is 10.2. The minimum atomic E-state index is -0.312. The summed E-state index contributed by atoms with van der Waals surface area (Å²) in [5.41, 5.74) is 0.830. The summed E-state index contributed by atoms with van der Waals surface area (Å²) in [4.78, 5) is 4.07. The largest absolute Gasteiger partial charge is 0.488 e. The van der Waals surface area contributed by atoms with E-state index in [-0.39, 0.29) is 5.82 Å². The molecule has 5 heteroatoms. The zero-order valence-electron chi connectivity index (χ0n) is 9.69. The third-order valence-corrected chi connectivity index (χ3v) is 2.94. The van der Waals surface area contributed by atoms with Crippen LogP contribution in [0, 0.1) is 5.82 Å². The lowest BCUT2D eigenvalue weighted by Crippen LogP contribution is -2.00. The zero-order valence-corrected chi connectivity index (χ0v) is 11.3. The third-order valence-electron chi connectivity index (χ3n) is 2.32. The highest BCUT2D eigenvalue weighted by atomic mass is 79.9. The molecule has 0 fully saturated rings. The van der Waals surface area contributed by atoms with Gasteiger partial charge in [0, 0.05) is 6.20 Å². The number of ether oxygens (including phenoxy) is 2. The van der Waals surface area contributed by atoms with Crippen molar-refractivity contribution in [2.45, 2.75) is 6.61 Å². The van der Waals surface area contributed by atoms with Crippen molar-refractivity contribution in [3.8, 4) is 11.6 Å². The SMILES string of the molecule is COc1ncccc1COc1ccc(F)cc1Br. The van der Waals surface area contributed by atoms with Gasteiger partial charge in [-0.1, -0.05) is 0 Å². The lowest BCUT2D eigenvalue weighted by molar-refractivity contribution is 0.291. The second kappa shape index (κ2) is 5.82. The molecule has 0 bridgehead atoms. The number of aromatic nitrogens is 1. The average Bonchev–Trinajstić information content (AvgIpc) is 2.38. The summed E-state index contributed by atoms with van der Waals surface area (Å²) in [5.74, 6) is 0.784. The molecule has 0 saturated heterocycles. The van der Waals surface area contributed by atoms with E-state index in [1.165, 1.54) is 12.1 Å². The number of benzene rings is 1. The maximum Gasteiger partial charge on any atom is 0.219 e. The molecule has 0 atom stereocenters. The molecule has 1 aromatic carbocycles. The molecular formula is C13H11BrFNO2. The fourth-order valence-electron chi connectivity index (χ4n) is 1.47. The van der Waals surface area contributed by atoms with Crippen LogP contribution in [0.4, 0.5) is 4.39 Å². The van der Waals surface area contributed by atoms with Crippen LogP contribution in [0.25, 0.3) is 0 Å². The number of methoxy groups -OCH3 is 1. The average molecular weight is 312 g/mol. The van der Waals surface area contributed by atoms with Gasteiger partial charge in [0.2, 0.25) is 5.88 Å². The monoisotopic (exact) mass is 311 g/mol. The Kier molecular flexibility index (Phi) is 4.15. The molecule has 3 nitrogen and oxygen atoms in total. The summed E-state index contributed by atoms with van der Waals surface area (Å²) in [7, 11) is 1.56. The van der Waals surface area contributed by atoms with Crippen molar-refractivity contribution in [3.63, 3.8) is 0 Å². The summed E-state index contributed by atoms with van der Waals surface area (Å²) in [6, 6.07) is 7.95. The number of halogens is 2. The Bertz CT molecular complexity index is 548. The molecule has 0 radical (unpaired) electrons. The lowest BCUT2D eigenvalue weighted by Gasteiger charge is -2.10. The number of nitrogens with zero attached hydrogens (tertiary/aromatic N) is 1. The Morgan fingerprint density at radius 1 is 1.33 bits per heavy atom. The summed E-state index contributed by atoms with van der Waals surface area (Å²) < 4.78 is 24.2. The second-order valence-electron chi connectivity index (χ2n) is 3.54. The molecule has 1 aromatic heterocycles. The Morgan fingerprint density at radius 3 is 2.89 bits per heavy atom. The van der Waals surface area contributed by atoms with E-state index in [4.69, 9.17) is 9.47 Å². The van der Waals surface area contributed by atoms with Gasteiger partial charge in [0.25, 0.3) is 0 Å². The summed E-state index contributed by atoms with van der Waals surface area (Å²) in [5, 5.41) is 0. The molecule has 2 rings (SSSR count). The summed E-state index contributed by atoms with van der Waals surface area (Å²) in [6.07, 6.45) is 1.65. The van der Waals surface area contributed by atoms with E-state index in [9.17, 15) is 4.39 Å². The summed E-state index contributed by atoms with van der Waals surface area (Å²) >= 11 is 3.24. The molecule has 0 unspecified atom stereocenters. The van der Waals surface area contributed by atoms with Crippen molar-refractivity contribution in [2.24, 2.45) is 0 Å². The minimum Gasteiger partial charge on any atom is -0.488 e. The highest BCUT2D eigenvalue weighted by molar-refractivity contribution is 9.10. The van der Waals surface area contributed by atoms with Gasteiger partial charge in [0.05, 0.1) is 17.1 Å². The molecule has 0 amide bonds. The van der Waals surface area contributed by atoms with Crippen molar-refractivity contribution in [1.29, 1.82) is 0 Å². The van der Waals surface area contributed by atoms with Gasteiger partial charge in [-0.25, -0.2) is 9.37 Å². The summed E-state index contributed by atoms with van der Waals surface area (Å²) in [6.45, 7) is 0.307. The van der Waals surface area contributed by atoms with E-state index in [0.717, 1.165) is 5.56 Å². The Morgan fingerprint density at radius 2 is 2.17 bits per heavy atom. The molecule has 0 aliphatic carbocycles. The Hall–Kier alpha value is -1.62. The zero-order chi connectivity index (χ0) is 13.0. The van der Waals surface area contributed by atoms with E-state index < -0.39 is 0 Å². The van der Waals surface area contributed by atoms with Crippen LogP contribution < -0.4 is 9.47 Å². The third kappa shape index (κ3) is 2.98. The fourth-order valence-corrected chi connectivity index (χ4v) is 1.93. The Labute approximate surface area is 113 Å². The van der Waals surface area contributed by atoms with Crippen LogP contribution in [0.3, 0.4) is 0 Å². The highest BCUT2D eigenvalue weighted by Gasteiger charge is 2.06. The molecule has 1 heterocycles.